The van der Waals surface area contributed by atoms with Gasteiger partial charge in [-0.05, 0) is 43.9 Å². The van der Waals surface area contributed by atoms with Crippen LogP contribution in [-0.4, -0.2) is 46.0 Å². The van der Waals surface area contributed by atoms with Crippen molar-refractivity contribution in [3.63, 3.8) is 0 Å². The summed E-state index contributed by atoms with van der Waals surface area (Å²) in [4.78, 5) is 4.23. The van der Waals surface area contributed by atoms with Crippen molar-refractivity contribution in [2.75, 3.05) is 25.6 Å². The van der Waals surface area contributed by atoms with Gasteiger partial charge >= 0.3 is 0 Å². The highest BCUT2D eigenvalue weighted by Crippen LogP contribution is 2.47. The van der Waals surface area contributed by atoms with E-state index in [9.17, 15) is 8.42 Å². The number of hydrogen-bond acceptors (Lipinski definition) is 3. The standard InChI is InChI=1S/C17H26ClN3O2S/c1-13(8-11-24(3,22)23)21-16(19-2)20-12-17(9-10-17)14-4-6-15(18)7-5-14/h4-7,13H,8-12H2,1-3H3,(H2,19,20,21). The molecule has 0 heterocycles. The van der Waals surface area contributed by atoms with Crippen molar-refractivity contribution in [3.05, 3.63) is 34.9 Å². The topological polar surface area (TPSA) is 70.6 Å². The van der Waals surface area contributed by atoms with Crippen LogP contribution in [0.25, 0.3) is 0 Å². The van der Waals surface area contributed by atoms with Gasteiger partial charge in [0, 0.05) is 36.3 Å². The number of nitrogens with zero attached hydrogens (tertiary/aromatic N) is 1. The van der Waals surface area contributed by atoms with Crippen LogP contribution in [-0.2, 0) is 15.3 Å². The average molecular weight is 372 g/mol. The normalized spacial score (nSPS) is 18.1. The maximum absolute atomic E-state index is 11.3. The van der Waals surface area contributed by atoms with E-state index in [0.717, 1.165) is 24.4 Å². The van der Waals surface area contributed by atoms with Crippen molar-refractivity contribution >= 4 is 27.4 Å². The van der Waals surface area contributed by atoms with Crippen LogP contribution in [0.15, 0.2) is 29.3 Å². The van der Waals surface area contributed by atoms with E-state index in [4.69, 9.17) is 11.6 Å². The lowest BCUT2D eigenvalue weighted by atomic mass is 9.96. The second-order valence-electron chi connectivity index (χ2n) is 6.68. The Labute approximate surface area is 149 Å². The molecule has 7 heteroatoms. The van der Waals surface area contributed by atoms with Gasteiger partial charge in [0.2, 0.25) is 0 Å². The van der Waals surface area contributed by atoms with Crippen molar-refractivity contribution in [1.29, 1.82) is 0 Å². The highest BCUT2D eigenvalue weighted by Gasteiger charge is 2.44. The minimum absolute atomic E-state index is 0.0385. The second kappa shape index (κ2) is 7.74. The molecule has 1 atom stereocenters. The molecule has 0 radical (unpaired) electrons. The first-order valence-corrected chi connectivity index (χ1v) is 10.6. The molecule has 0 saturated heterocycles. The first-order chi connectivity index (χ1) is 11.2. The van der Waals surface area contributed by atoms with Gasteiger partial charge in [0.05, 0.1) is 5.75 Å². The van der Waals surface area contributed by atoms with Gasteiger partial charge in [-0.2, -0.15) is 0 Å². The summed E-state index contributed by atoms with van der Waals surface area (Å²) in [6.07, 6.45) is 4.10. The Morgan fingerprint density at radius 1 is 1.33 bits per heavy atom. The third-order valence-corrected chi connectivity index (χ3v) is 5.66. The minimum Gasteiger partial charge on any atom is -0.356 e. The van der Waals surface area contributed by atoms with Crippen LogP contribution in [0.4, 0.5) is 0 Å². The highest BCUT2D eigenvalue weighted by atomic mass is 35.5. The first kappa shape index (κ1) is 19.1. The average Bonchev–Trinajstić information content (AvgIpc) is 3.30. The molecule has 2 N–H and O–H groups in total. The molecule has 24 heavy (non-hydrogen) atoms. The monoisotopic (exact) mass is 371 g/mol. The smallest absolute Gasteiger partial charge is 0.191 e. The predicted molar refractivity (Wildman–Crippen MR) is 101 cm³/mol. The Balaban J connectivity index is 1.86. The van der Waals surface area contributed by atoms with Crippen LogP contribution in [0.3, 0.4) is 0 Å². The SMILES string of the molecule is CN=C(NCC1(c2ccc(Cl)cc2)CC1)NC(C)CCS(C)(=O)=O. The molecule has 0 spiro atoms. The minimum atomic E-state index is -2.94. The van der Waals surface area contributed by atoms with Crippen LogP contribution in [0.2, 0.25) is 5.02 Å². The zero-order chi connectivity index (χ0) is 17.8. The molecule has 1 aromatic carbocycles. The van der Waals surface area contributed by atoms with Crippen molar-refractivity contribution in [1.82, 2.24) is 10.6 Å². The van der Waals surface area contributed by atoms with Crippen LogP contribution in [0.1, 0.15) is 31.7 Å². The molecule has 1 unspecified atom stereocenters. The number of hydrogen-bond donors (Lipinski definition) is 2. The molecule has 0 bridgehead atoms. The summed E-state index contributed by atoms with van der Waals surface area (Å²) in [5.41, 5.74) is 1.44. The lowest BCUT2D eigenvalue weighted by Gasteiger charge is -2.21. The third-order valence-electron chi connectivity index (χ3n) is 4.43. The van der Waals surface area contributed by atoms with Crippen LogP contribution in [0.5, 0.6) is 0 Å². The molecule has 1 aliphatic carbocycles. The fourth-order valence-corrected chi connectivity index (χ4v) is 3.57. The molecule has 0 aromatic heterocycles. The van der Waals surface area contributed by atoms with Gasteiger partial charge in [-0.15, -0.1) is 0 Å². The summed E-state index contributed by atoms with van der Waals surface area (Å²) in [6.45, 7) is 2.76. The summed E-state index contributed by atoms with van der Waals surface area (Å²) in [6, 6.07) is 8.06. The quantitative estimate of drug-likeness (QED) is 0.570. The molecule has 134 valence electrons. The maximum atomic E-state index is 11.3. The molecule has 1 aliphatic rings. The van der Waals surface area contributed by atoms with Gasteiger partial charge < -0.3 is 10.6 Å². The van der Waals surface area contributed by atoms with E-state index < -0.39 is 9.84 Å². The Kier molecular flexibility index (Phi) is 6.15. The molecule has 2 rings (SSSR count). The first-order valence-electron chi connectivity index (χ1n) is 8.15. The molecule has 5 nitrogen and oxygen atoms in total. The van der Waals surface area contributed by atoms with E-state index in [1.165, 1.54) is 11.8 Å². The van der Waals surface area contributed by atoms with Crippen molar-refractivity contribution < 1.29 is 8.42 Å². The van der Waals surface area contributed by atoms with Crippen molar-refractivity contribution in [2.45, 2.75) is 37.6 Å². The number of rotatable bonds is 7. The Bertz CT molecular complexity index is 682. The fraction of sp³-hybridized carbons (Fsp3) is 0.588. The summed E-state index contributed by atoms with van der Waals surface area (Å²) in [5.74, 6) is 0.878. The number of guanidine groups is 1. The van der Waals surface area contributed by atoms with E-state index in [2.05, 4.69) is 27.8 Å². The molecule has 0 amide bonds. The van der Waals surface area contributed by atoms with E-state index in [-0.39, 0.29) is 17.2 Å². The van der Waals surface area contributed by atoms with E-state index in [0.29, 0.717) is 12.4 Å². The number of sulfone groups is 1. The third kappa shape index (κ3) is 5.67. The van der Waals surface area contributed by atoms with Crippen molar-refractivity contribution in [3.8, 4) is 0 Å². The Morgan fingerprint density at radius 2 is 1.96 bits per heavy atom. The summed E-state index contributed by atoms with van der Waals surface area (Å²) >= 11 is 5.96. The predicted octanol–water partition coefficient (Wildman–Crippen LogP) is 2.36. The fourth-order valence-electron chi connectivity index (χ4n) is 2.67. The molecule has 0 aliphatic heterocycles. The van der Waals surface area contributed by atoms with Crippen LogP contribution >= 0.6 is 11.6 Å². The second-order valence-corrected chi connectivity index (χ2v) is 9.37. The van der Waals surface area contributed by atoms with Crippen LogP contribution in [0, 0.1) is 0 Å². The Hall–Kier alpha value is -1.27. The van der Waals surface area contributed by atoms with Gasteiger partial charge in [-0.25, -0.2) is 8.42 Å². The molecular formula is C17H26ClN3O2S. The number of halogens is 1. The van der Waals surface area contributed by atoms with E-state index in [1.807, 2.05) is 19.1 Å². The van der Waals surface area contributed by atoms with E-state index in [1.54, 1.807) is 7.05 Å². The van der Waals surface area contributed by atoms with Crippen molar-refractivity contribution in [2.24, 2.45) is 4.99 Å². The highest BCUT2D eigenvalue weighted by molar-refractivity contribution is 7.90. The summed E-state index contributed by atoms with van der Waals surface area (Å²) in [5, 5.41) is 7.37. The van der Waals surface area contributed by atoms with Gasteiger partial charge in [0.15, 0.2) is 5.96 Å². The molecule has 1 aromatic rings. The Morgan fingerprint density at radius 3 is 2.46 bits per heavy atom. The number of nitrogens with one attached hydrogen (secondary N) is 2. The lowest BCUT2D eigenvalue weighted by Crippen LogP contribution is -2.45. The van der Waals surface area contributed by atoms with Gasteiger partial charge in [0.25, 0.3) is 0 Å². The zero-order valence-electron chi connectivity index (χ0n) is 14.5. The largest absolute Gasteiger partial charge is 0.356 e. The van der Waals surface area contributed by atoms with Gasteiger partial charge in [0.1, 0.15) is 9.84 Å². The molecule has 1 saturated carbocycles. The summed E-state index contributed by atoms with van der Waals surface area (Å²) < 4.78 is 22.5. The lowest BCUT2D eigenvalue weighted by molar-refractivity contribution is 0.576. The maximum Gasteiger partial charge on any atom is 0.191 e. The number of benzene rings is 1. The zero-order valence-corrected chi connectivity index (χ0v) is 16.0. The van der Waals surface area contributed by atoms with Gasteiger partial charge in [-0.1, -0.05) is 23.7 Å². The molecule has 1 fully saturated rings. The molecular weight excluding hydrogens is 346 g/mol. The van der Waals surface area contributed by atoms with E-state index >= 15 is 0 Å². The van der Waals surface area contributed by atoms with Gasteiger partial charge in [-0.3, -0.25) is 4.99 Å². The summed E-state index contributed by atoms with van der Waals surface area (Å²) in [7, 11) is -1.22. The number of aliphatic imine (C=N–C) groups is 1. The van der Waals surface area contributed by atoms with Crippen LogP contribution < -0.4 is 10.6 Å².